The summed E-state index contributed by atoms with van der Waals surface area (Å²) in [6.07, 6.45) is -0.384. The molecule has 3 nitrogen and oxygen atoms in total. The molecular formula is C7H9F2NO2S. The Morgan fingerprint density at radius 1 is 1.54 bits per heavy atom. The summed E-state index contributed by atoms with van der Waals surface area (Å²) in [6, 6.07) is 1.65. The van der Waals surface area contributed by atoms with Gasteiger partial charge in [0.25, 0.3) is 5.92 Å². The average molecular weight is 209 g/mol. The molecule has 1 aliphatic heterocycles. The van der Waals surface area contributed by atoms with Gasteiger partial charge in [-0.05, 0) is 6.42 Å². The Labute approximate surface area is 75.3 Å². The number of halogens is 2. The summed E-state index contributed by atoms with van der Waals surface area (Å²) in [6.45, 7) is 0. The Morgan fingerprint density at radius 3 is 2.62 bits per heavy atom. The monoisotopic (exact) mass is 209 g/mol. The molecule has 1 rings (SSSR count). The van der Waals surface area contributed by atoms with Crippen LogP contribution in [0.4, 0.5) is 8.78 Å². The van der Waals surface area contributed by atoms with Crippen molar-refractivity contribution in [3.63, 3.8) is 0 Å². The summed E-state index contributed by atoms with van der Waals surface area (Å²) in [7, 11) is -3.60. The topological polar surface area (TPSA) is 57.9 Å². The largest absolute Gasteiger partial charge is 0.265 e. The minimum absolute atomic E-state index is 0.108. The Hall–Kier alpha value is -0.700. The van der Waals surface area contributed by atoms with Gasteiger partial charge >= 0.3 is 0 Å². The summed E-state index contributed by atoms with van der Waals surface area (Å²) in [5, 5.41) is 8.25. The van der Waals surface area contributed by atoms with Crippen molar-refractivity contribution in [3.05, 3.63) is 0 Å². The quantitative estimate of drug-likeness (QED) is 0.646. The molecule has 0 saturated carbocycles. The van der Waals surface area contributed by atoms with Gasteiger partial charge in [0.1, 0.15) is 5.75 Å². The lowest BCUT2D eigenvalue weighted by molar-refractivity contribution is -0.0394. The van der Waals surface area contributed by atoms with E-state index >= 15 is 0 Å². The first-order valence-electron chi connectivity index (χ1n) is 3.82. The van der Waals surface area contributed by atoms with Crippen LogP contribution in [0.3, 0.4) is 0 Å². The van der Waals surface area contributed by atoms with Crippen LogP contribution in [-0.2, 0) is 9.84 Å². The molecule has 0 N–H and O–H groups in total. The molecule has 0 aromatic heterocycles. The molecule has 0 spiro atoms. The van der Waals surface area contributed by atoms with E-state index in [0.29, 0.717) is 0 Å². The molecule has 0 aromatic rings. The van der Waals surface area contributed by atoms with E-state index in [-0.39, 0.29) is 18.6 Å². The van der Waals surface area contributed by atoms with Gasteiger partial charge in [-0.3, -0.25) is 0 Å². The fourth-order valence-corrected chi connectivity index (χ4v) is 2.99. The van der Waals surface area contributed by atoms with Crippen molar-refractivity contribution in [1.82, 2.24) is 0 Å². The Balaban J connectivity index is 2.80. The molecule has 1 heterocycles. The molecule has 0 aromatic carbocycles. The fourth-order valence-electron chi connectivity index (χ4n) is 1.38. The number of nitriles is 1. The first-order valence-corrected chi connectivity index (χ1v) is 5.65. The van der Waals surface area contributed by atoms with Crippen molar-refractivity contribution >= 4 is 9.84 Å². The molecule has 0 aliphatic carbocycles. The highest BCUT2D eigenvalue weighted by Gasteiger charge is 2.47. The second kappa shape index (κ2) is 3.22. The van der Waals surface area contributed by atoms with E-state index in [1.165, 1.54) is 0 Å². The SMILES string of the molecule is N#CCC1CCS(=O)(=O)CC1(F)F. The van der Waals surface area contributed by atoms with E-state index in [0.717, 1.165) is 0 Å². The summed E-state index contributed by atoms with van der Waals surface area (Å²) in [5.41, 5.74) is 0. The molecule has 1 unspecified atom stereocenters. The first kappa shape index (κ1) is 10.4. The third-order valence-corrected chi connectivity index (χ3v) is 3.81. The summed E-state index contributed by atoms with van der Waals surface area (Å²) >= 11 is 0. The van der Waals surface area contributed by atoms with Gasteiger partial charge in [-0.15, -0.1) is 0 Å². The van der Waals surface area contributed by atoms with Gasteiger partial charge < -0.3 is 0 Å². The van der Waals surface area contributed by atoms with E-state index in [9.17, 15) is 17.2 Å². The third-order valence-electron chi connectivity index (χ3n) is 2.12. The van der Waals surface area contributed by atoms with E-state index in [1.807, 2.05) is 0 Å². The zero-order valence-corrected chi connectivity index (χ0v) is 7.65. The van der Waals surface area contributed by atoms with Gasteiger partial charge in [-0.2, -0.15) is 5.26 Å². The van der Waals surface area contributed by atoms with Crippen molar-refractivity contribution in [2.75, 3.05) is 11.5 Å². The van der Waals surface area contributed by atoms with E-state index < -0.39 is 27.4 Å². The zero-order chi connectivity index (χ0) is 10.1. The van der Waals surface area contributed by atoms with Crippen molar-refractivity contribution in [2.24, 2.45) is 5.92 Å². The third kappa shape index (κ3) is 2.37. The summed E-state index contributed by atoms with van der Waals surface area (Å²) in [4.78, 5) is 0. The highest BCUT2D eigenvalue weighted by Crippen LogP contribution is 2.35. The molecule has 1 saturated heterocycles. The Morgan fingerprint density at radius 2 is 2.15 bits per heavy atom. The van der Waals surface area contributed by atoms with Gasteiger partial charge in [-0.25, -0.2) is 17.2 Å². The van der Waals surface area contributed by atoms with Gasteiger partial charge in [0.05, 0.1) is 11.8 Å². The zero-order valence-electron chi connectivity index (χ0n) is 6.83. The number of sulfone groups is 1. The molecular weight excluding hydrogens is 200 g/mol. The minimum Gasteiger partial charge on any atom is -0.229 e. The van der Waals surface area contributed by atoms with Crippen LogP contribution in [0.2, 0.25) is 0 Å². The molecule has 74 valence electrons. The lowest BCUT2D eigenvalue weighted by Gasteiger charge is -2.29. The van der Waals surface area contributed by atoms with Gasteiger partial charge in [0, 0.05) is 12.3 Å². The smallest absolute Gasteiger partial charge is 0.229 e. The van der Waals surface area contributed by atoms with E-state index in [4.69, 9.17) is 5.26 Å². The Bertz CT molecular complexity index is 331. The van der Waals surface area contributed by atoms with E-state index in [2.05, 4.69) is 0 Å². The maximum absolute atomic E-state index is 13.0. The van der Waals surface area contributed by atoms with Crippen LogP contribution in [-0.4, -0.2) is 25.8 Å². The Kier molecular flexibility index (Phi) is 2.57. The normalized spacial score (nSPS) is 30.7. The van der Waals surface area contributed by atoms with Crippen LogP contribution in [0.1, 0.15) is 12.8 Å². The summed E-state index contributed by atoms with van der Waals surface area (Å²) < 4.78 is 47.7. The van der Waals surface area contributed by atoms with E-state index in [1.54, 1.807) is 6.07 Å². The van der Waals surface area contributed by atoms with Gasteiger partial charge in [0.2, 0.25) is 0 Å². The van der Waals surface area contributed by atoms with Crippen molar-refractivity contribution in [2.45, 2.75) is 18.8 Å². The van der Waals surface area contributed by atoms with Crippen molar-refractivity contribution in [1.29, 1.82) is 5.26 Å². The average Bonchev–Trinajstić information content (AvgIpc) is 1.93. The number of alkyl halides is 2. The van der Waals surface area contributed by atoms with Gasteiger partial charge in [-0.1, -0.05) is 0 Å². The number of hydrogen-bond acceptors (Lipinski definition) is 3. The number of hydrogen-bond donors (Lipinski definition) is 0. The van der Waals surface area contributed by atoms with Crippen LogP contribution < -0.4 is 0 Å². The van der Waals surface area contributed by atoms with Crippen molar-refractivity contribution < 1.29 is 17.2 Å². The minimum atomic E-state index is -3.60. The number of nitrogens with zero attached hydrogens (tertiary/aromatic N) is 1. The predicted molar refractivity (Wildman–Crippen MR) is 41.9 cm³/mol. The standard InChI is InChI=1S/C7H9F2NO2S/c8-7(9)5-13(11,12)4-2-6(7)1-3-10/h6H,1-2,4-5H2. The summed E-state index contributed by atoms with van der Waals surface area (Å²) in [5.74, 6) is -5.66. The predicted octanol–water partition coefficient (Wildman–Crippen LogP) is 0.970. The maximum atomic E-state index is 13.0. The second-order valence-electron chi connectivity index (χ2n) is 3.20. The molecule has 1 aliphatic rings. The molecule has 0 bridgehead atoms. The van der Waals surface area contributed by atoms with Crippen LogP contribution in [0.5, 0.6) is 0 Å². The molecule has 1 fully saturated rings. The first-order chi connectivity index (χ1) is 5.87. The fraction of sp³-hybridized carbons (Fsp3) is 0.857. The van der Waals surface area contributed by atoms with Gasteiger partial charge in [0.15, 0.2) is 9.84 Å². The molecule has 0 amide bonds. The van der Waals surface area contributed by atoms with Crippen LogP contribution in [0.15, 0.2) is 0 Å². The maximum Gasteiger partial charge on any atom is 0.265 e. The molecule has 6 heteroatoms. The highest BCUT2D eigenvalue weighted by molar-refractivity contribution is 7.91. The highest BCUT2D eigenvalue weighted by atomic mass is 32.2. The van der Waals surface area contributed by atoms with Crippen LogP contribution >= 0.6 is 0 Å². The lowest BCUT2D eigenvalue weighted by Crippen LogP contribution is -2.42. The second-order valence-corrected chi connectivity index (χ2v) is 5.38. The van der Waals surface area contributed by atoms with Crippen LogP contribution in [0, 0.1) is 17.2 Å². The van der Waals surface area contributed by atoms with Crippen LogP contribution in [0.25, 0.3) is 0 Å². The lowest BCUT2D eigenvalue weighted by atomic mass is 9.96. The molecule has 13 heavy (non-hydrogen) atoms. The number of rotatable bonds is 1. The molecule has 1 atom stereocenters. The molecule has 0 radical (unpaired) electrons. The van der Waals surface area contributed by atoms with Crippen molar-refractivity contribution in [3.8, 4) is 6.07 Å².